The lowest BCUT2D eigenvalue weighted by Gasteiger charge is -2.36. The normalized spacial score (nSPS) is 16.1. The number of phenols is 1. The molecule has 1 fully saturated rings. The van der Waals surface area contributed by atoms with E-state index in [1.54, 1.807) is 17.2 Å². The van der Waals surface area contributed by atoms with E-state index in [1.165, 1.54) is 23.0 Å². The highest BCUT2D eigenvalue weighted by atomic mass is 19.1. The van der Waals surface area contributed by atoms with Crippen LogP contribution in [0.5, 0.6) is 5.75 Å². The van der Waals surface area contributed by atoms with Gasteiger partial charge in [0.05, 0.1) is 5.69 Å². The molecule has 0 unspecified atom stereocenters. The van der Waals surface area contributed by atoms with Crippen LogP contribution in [-0.2, 0) is 0 Å². The van der Waals surface area contributed by atoms with Crippen LogP contribution >= 0.6 is 0 Å². The molecule has 0 saturated carbocycles. The molecule has 0 atom stereocenters. The molecule has 0 radical (unpaired) electrons. The summed E-state index contributed by atoms with van der Waals surface area (Å²) in [4.78, 5) is 21.0. The van der Waals surface area contributed by atoms with Crippen molar-refractivity contribution in [2.45, 2.75) is 25.8 Å². The van der Waals surface area contributed by atoms with Gasteiger partial charge in [0, 0.05) is 37.9 Å². The van der Waals surface area contributed by atoms with E-state index in [1.807, 2.05) is 7.05 Å². The standard InChI is InChI=1S/C18H23FN4O2/c1-3-22-8-6-14(7-9-22)21(2)18(25)23-11-16(20-12-23)13-4-5-17(24)15(19)10-13/h4-5,10-12,14,24H,3,6-9H2,1-2H3. The van der Waals surface area contributed by atoms with Crippen LogP contribution in [0.2, 0.25) is 0 Å². The second-order valence-electron chi connectivity index (χ2n) is 6.39. The molecule has 7 heteroatoms. The van der Waals surface area contributed by atoms with Crippen molar-refractivity contribution in [2.24, 2.45) is 0 Å². The Hall–Kier alpha value is -2.41. The SMILES string of the molecule is CCN1CCC(N(C)C(=O)n2cnc(-c3ccc(O)c(F)c3)c2)CC1. The fourth-order valence-electron chi connectivity index (χ4n) is 3.20. The van der Waals surface area contributed by atoms with E-state index in [4.69, 9.17) is 0 Å². The third-order valence-corrected chi connectivity index (χ3v) is 4.90. The Labute approximate surface area is 146 Å². The zero-order chi connectivity index (χ0) is 18.0. The molecule has 2 aromatic rings. The highest BCUT2D eigenvalue weighted by molar-refractivity contribution is 5.78. The average molecular weight is 346 g/mol. The molecule has 3 rings (SSSR count). The molecular weight excluding hydrogens is 323 g/mol. The molecule has 1 aliphatic heterocycles. The van der Waals surface area contributed by atoms with Crippen molar-refractivity contribution >= 4 is 6.03 Å². The lowest BCUT2D eigenvalue weighted by Crippen LogP contribution is -2.46. The van der Waals surface area contributed by atoms with E-state index in [0.29, 0.717) is 11.3 Å². The van der Waals surface area contributed by atoms with Crippen molar-refractivity contribution in [3.63, 3.8) is 0 Å². The van der Waals surface area contributed by atoms with Crippen molar-refractivity contribution in [1.29, 1.82) is 0 Å². The van der Waals surface area contributed by atoms with Crippen LogP contribution in [-0.4, -0.2) is 63.2 Å². The summed E-state index contributed by atoms with van der Waals surface area (Å²) >= 11 is 0. The average Bonchev–Trinajstić information content (AvgIpc) is 3.13. The third kappa shape index (κ3) is 3.66. The summed E-state index contributed by atoms with van der Waals surface area (Å²) in [7, 11) is 1.81. The summed E-state index contributed by atoms with van der Waals surface area (Å²) in [6.07, 6.45) is 4.95. The van der Waals surface area contributed by atoms with Gasteiger partial charge in [-0.2, -0.15) is 0 Å². The number of hydrogen-bond donors (Lipinski definition) is 1. The third-order valence-electron chi connectivity index (χ3n) is 4.90. The van der Waals surface area contributed by atoms with Gasteiger partial charge in [-0.15, -0.1) is 0 Å². The van der Waals surface area contributed by atoms with Gasteiger partial charge in [-0.25, -0.2) is 14.2 Å². The molecule has 1 N–H and O–H groups in total. The largest absolute Gasteiger partial charge is 0.505 e. The van der Waals surface area contributed by atoms with E-state index < -0.39 is 11.6 Å². The number of halogens is 1. The van der Waals surface area contributed by atoms with Crippen LogP contribution in [0, 0.1) is 5.82 Å². The number of nitrogens with zero attached hydrogens (tertiary/aromatic N) is 4. The highest BCUT2D eigenvalue weighted by Crippen LogP contribution is 2.24. The first kappa shape index (κ1) is 17.4. The first-order valence-electron chi connectivity index (χ1n) is 8.52. The fourth-order valence-corrected chi connectivity index (χ4v) is 3.20. The summed E-state index contributed by atoms with van der Waals surface area (Å²) < 4.78 is 14.9. The molecule has 0 bridgehead atoms. The first-order chi connectivity index (χ1) is 12.0. The van der Waals surface area contributed by atoms with Crippen LogP contribution in [0.4, 0.5) is 9.18 Å². The number of aromatic nitrogens is 2. The summed E-state index contributed by atoms with van der Waals surface area (Å²) in [5.74, 6) is -1.12. The van der Waals surface area contributed by atoms with Crippen LogP contribution in [0.25, 0.3) is 11.3 Å². The summed E-state index contributed by atoms with van der Waals surface area (Å²) in [6.45, 7) is 5.19. The fraction of sp³-hybridized carbons (Fsp3) is 0.444. The number of amides is 1. The van der Waals surface area contributed by atoms with Crippen molar-refractivity contribution in [3.8, 4) is 17.0 Å². The second kappa shape index (κ2) is 7.23. The van der Waals surface area contributed by atoms with E-state index >= 15 is 0 Å². The molecule has 134 valence electrons. The maximum absolute atomic E-state index is 13.5. The van der Waals surface area contributed by atoms with Gasteiger partial charge in [0.1, 0.15) is 6.33 Å². The second-order valence-corrected chi connectivity index (χ2v) is 6.39. The van der Waals surface area contributed by atoms with Gasteiger partial charge in [0.15, 0.2) is 11.6 Å². The van der Waals surface area contributed by atoms with Crippen molar-refractivity contribution in [1.82, 2.24) is 19.4 Å². The van der Waals surface area contributed by atoms with Gasteiger partial charge < -0.3 is 14.9 Å². The number of imidazole rings is 1. The van der Waals surface area contributed by atoms with Gasteiger partial charge in [-0.3, -0.25) is 4.57 Å². The van der Waals surface area contributed by atoms with Gasteiger partial charge >= 0.3 is 6.03 Å². The highest BCUT2D eigenvalue weighted by Gasteiger charge is 2.25. The number of hydrogen-bond acceptors (Lipinski definition) is 4. The zero-order valence-electron chi connectivity index (χ0n) is 14.5. The van der Waals surface area contributed by atoms with Crippen LogP contribution < -0.4 is 0 Å². The van der Waals surface area contributed by atoms with Gasteiger partial charge in [0.2, 0.25) is 0 Å². The zero-order valence-corrected chi connectivity index (χ0v) is 14.5. The Morgan fingerprint density at radius 2 is 2.12 bits per heavy atom. The molecule has 1 aliphatic rings. The minimum atomic E-state index is -0.710. The van der Waals surface area contributed by atoms with Gasteiger partial charge in [0.25, 0.3) is 0 Å². The predicted octanol–water partition coefficient (Wildman–Crippen LogP) is 2.78. The molecule has 0 aliphatic carbocycles. The maximum Gasteiger partial charge on any atom is 0.329 e. The molecule has 0 spiro atoms. The predicted molar refractivity (Wildman–Crippen MR) is 93.0 cm³/mol. The monoisotopic (exact) mass is 346 g/mol. The Balaban J connectivity index is 1.71. The molecule has 25 heavy (non-hydrogen) atoms. The number of phenolic OH excluding ortho intramolecular Hbond substituents is 1. The van der Waals surface area contributed by atoms with E-state index in [2.05, 4.69) is 16.8 Å². The first-order valence-corrected chi connectivity index (χ1v) is 8.52. The summed E-state index contributed by atoms with van der Waals surface area (Å²) in [6, 6.07) is 4.12. The number of piperidine rings is 1. The van der Waals surface area contributed by atoms with Gasteiger partial charge in [-0.1, -0.05) is 6.92 Å². The molecule has 1 amide bonds. The number of benzene rings is 1. The number of carbonyl (C=O) groups is 1. The molecule has 6 nitrogen and oxygen atoms in total. The van der Waals surface area contributed by atoms with Crippen LogP contribution in [0.15, 0.2) is 30.7 Å². The minimum Gasteiger partial charge on any atom is -0.505 e. The lowest BCUT2D eigenvalue weighted by atomic mass is 10.0. The molecular formula is C18H23FN4O2. The summed E-state index contributed by atoms with van der Waals surface area (Å²) in [5, 5.41) is 9.27. The molecule has 1 aromatic carbocycles. The number of rotatable bonds is 3. The maximum atomic E-state index is 13.5. The Bertz CT molecular complexity index is 753. The lowest BCUT2D eigenvalue weighted by molar-refractivity contribution is 0.139. The number of aromatic hydroxyl groups is 1. The minimum absolute atomic E-state index is 0.145. The van der Waals surface area contributed by atoms with Crippen LogP contribution in [0.1, 0.15) is 19.8 Å². The van der Waals surface area contributed by atoms with E-state index in [9.17, 15) is 14.3 Å². The van der Waals surface area contributed by atoms with Crippen molar-refractivity contribution in [2.75, 3.05) is 26.7 Å². The Kier molecular flexibility index (Phi) is 5.03. The smallest absolute Gasteiger partial charge is 0.329 e. The Morgan fingerprint density at radius 1 is 1.40 bits per heavy atom. The topological polar surface area (TPSA) is 61.6 Å². The Morgan fingerprint density at radius 3 is 2.76 bits per heavy atom. The van der Waals surface area contributed by atoms with Crippen molar-refractivity contribution < 1.29 is 14.3 Å². The van der Waals surface area contributed by atoms with E-state index in [-0.39, 0.29) is 12.1 Å². The van der Waals surface area contributed by atoms with E-state index in [0.717, 1.165) is 32.5 Å². The molecule has 1 aromatic heterocycles. The quantitative estimate of drug-likeness (QED) is 0.928. The van der Waals surface area contributed by atoms with Crippen molar-refractivity contribution in [3.05, 3.63) is 36.5 Å². The molecule has 2 heterocycles. The number of carbonyl (C=O) groups excluding carboxylic acids is 1. The summed E-state index contributed by atoms with van der Waals surface area (Å²) in [5.41, 5.74) is 1.00. The van der Waals surface area contributed by atoms with Gasteiger partial charge in [-0.05, 0) is 37.6 Å². The molecule has 1 saturated heterocycles. The van der Waals surface area contributed by atoms with Crippen LogP contribution in [0.3, 0.4) is 0 Å². The number of likely N-dealkylation sites (tertiary alicyclic amines) is 1.